The molecule has 0 radical (unpaired) electrons. The minimum Gasteiger partial charge on any atom is -0.396 e. The lowest BCUT2D eigenvalue weighted by Crippen LogP contribution is -2.31. The summed E-state index contributed by atoms with van der Waals surface area (Å²) in [6.45, 7) is 6.69. The van der Waals surface area contributed by atoms with Gasteiger partial charge in [0.15, 0.2) is 0 Å². The second kappa shape index (κ2) is 8.16. The topological polar surface area (TPSA) is 35.5 Å². The lowest BCUT2D eigenvalue weighted by molar-refractivity contribution is 0.279. The van der Waals surface area contributed by atoms with Crippen molar-refractivity contribution in [1.82, 2.24) is 5.32 Å². The van der Waals surface area contributed by atoms with E-state index in [0.717, 1.165) is 30.4 Å². The number of nitrogens with zero attached hydrogens (tertiary/aromatic N) is 1. The van der Waals surface area contributed by atoms with Crippen LogP contribution in [-0.4, -0.2) is 30.3 Å². The van der Waals surface area contributed by atoms with E-state index in [4.69, 9.17) is 5.11 Å². The summed E-state index contributed by atoms with van der Waals surface area (Å²) in [5.74, 6) is 0. The minimum absolute atomic E-state index is 0.296. The largest absolute Gasteiger partial charge is 0.396 e. The molecule has 2 rings (SSSR count). The fraction of sp³-hybridized carbons (Fsp3) is 0.647. The predicted octanol–water partition coefficient (Wildman–Crippen LogP) is 3.69. The molecule has 0 spiro atoms. The quantitative estimate of drug-likeness (QED) is 0.783. The van der Waals surface area contributed by atoms with Gasteiger partial charge in [-0.15, -0.1) is 0 Å². The van der Waals surface area contributed by atoms with Gasteiger partial charge in [0.1, 0.15) is 0 Å². The zero-order valence-corrected chi connectivity index (χ0v) is 14.7. The van der Waals surface area contributed by atoms with E-state index < -0.39 is 0 Å². The highest BCUT2D eigenvalue weighted by Crippen LogP contribution is 2.33. The number of aliphatic hydroxyl groups is 1. The molecule has 1 aliphatic heterocycles. The van der Waals surface area contributed by atoms with Crippen LogP contribution in [0.5, 0.6) is 0 Å². The molecule has 0 amide bonds. The molecule has 3 nitrogen and oxygen atoms in total. The Morgan fingerprint density at radius 2 is 2.24 bits per heavy atom. The van der Waals surface area contributed by atoms with Crippen molar-refractivity contribution < 1.29 is 5.11 Å². The average Bonchev–Trinajstić information content (AvgIpc) is 2.91. The van der Waals surface area contributed by atoms with Gasteiger partial charge < -0.3 is 15.3 Å². The van der Waals surface area contributed by atoms with Gasteiger partial charge in [0.25, 0.3) is 0 Å². The SMILES string of the molecule is CC(C)NCc1ccc(Br)cc1N1CCCC1CCCO. The maximum atomic E-state index is 9.09. The Morgan fingerprint density at radius 3 is 2.95 bits per heavy atom. The van der Waals surface area contributed by atoms with E-state index in [1.165, 1.54) is 24.1 Å². The summed E-state index contributed by atoms with van der Waals surface area (Å²) < 4.78 is 1.14. The lowest BCUT2D eigenvalue weighted by Gasteiger charge is -2.29. The van der Waals surface area contributed by atoms with Gasteiger partial charge in [-0.2, -0.15) is 0 Å². The van der Waals surface area contributed by atoms with Gasteiger partial charge in [0.2, 0.25) is 0 Å². The van der Waals surface area contributed by atoms with Crippen LogP contribution in [0.15, 0.2) is 22.7 Å². The van der Waals surface area contributed by atoms with Crippen molar-refractivity contribution in [1.29, 1.82) is 0 Å². The number of anilines is 1. The molecule has 0 aliphatic carbocycles. The van der Waals surface area contributed by atoms with Crippen molar-refractivity contribution in [2.24, 2.45) is 0 Å². The predicted molar refractivity (Wildman–Crippen MR) is 92.8 cm³/mol. The molecule has 1 aliphatic rings. The molecule has 1 fully saturated rings. The molecular formula is C17H27BrN2O. The van der Waals surface area contributed by atoms with Gasteiger partial charge in [-0.3, -0.25) is 0 Å². The first-order valence-electron chi connectivity index (χ1n) is 8.01. The lowest BCUT2D eigenvalue weighted by atomic mass is 10.1. The normalized spacial score (nSPS) is 18.7. The first kappa shape index (κ1) is 16.8. The summed E-state index contributed by atoms with van der Waals surface area (Å²) in [5, 5.41) is 12.6. The molecule has 1 heterocycles. The van der Waals surface area contributed by atoms with Crippen LogP contribution in [0.4, 0.5) is 5.69 Å². The average molecular weight is 355 g/mol. The van der Waals surface area contributed by atoms with Crippen LogP contribution in [0.3, 0.4) is 0 Å². The van der Waals surface area contributed by atoms with Crippen LogP contribution < -0.4 is 10.2 Å². The molecule has 1 saturated heterocycles. The van der Waals surface area contributed by atoms with E-state index in [0.29, 0.717) is 18.7 Å². The third-order valence-corrected chi connectivity index (χ3v) is 4.62. The summed E-state index contributed by atoms with van der Waals surface area (Å²) in [4.78, 5) is 2.54. The summed E-state index contributed by atoms with van der Waals surface area (Å²) in [7, 11) is 0. The molecule has 2 N–H and O–H groups in total. The molecule has 21 heavy (non-hydrogen) atoms. The number of nitrogens with one attached hydrogen (secondary N) is 1. The smallest absolute Gasteiger partial charge is 0.0431 e. The third-order valence-electron chi connectivity index (χ3n) is 4.13. The summed E-state index contributed by atoms with van der Waals surface area (Å²) in [6.07, 6.45) is 4.47. The van der Waals surface area contributed by atoms with Gasteiger partial charge in [0.05, 0.1) is 0 Å². The Kier molecular flexibility index (Phi) is 6.52. The van der Waals surface area contributed by atoms with E-state index in [1.807, 2.05) is 0 Å². The number of hydrogen-bond donors (Lipinski definition) is 2. The Balaban J connectivity index is 2.17. The molecule has 1 unspecified atom stereocenters. The number of hydrogen-bond acceptors (Lipinski definition) is 3. The second-order valence-electron chi connectivity index (χ2n) is 6.16. The standard InChI is InChI=1S/C17H27BrN2O/c1-13(2)19-12-14-7-8-15(18)11-17(14)20-9-3-5-16(20)6-4-10-21/h7-8,11,13,16,19,21H,3-6,9-10,12H2,1-2H3. The van der Waals surface area contributed by atoms with Crippen molar-refractivity contribution in [3.8, 4) is 0 Å². The highest BCUT2D eigenvalue weighted by molar-refractivity contribution is 9.10. The van der Waals surface area contributed by atoms with E-state index in [9.17, 15) is 0 Å². The van der Waals surface area contributed by atoms with E-state index >= 15 is 0 Å². The van der Waals surface area contributed by atoms with Crippen molar-refractivity contribution >= 4 is 21.6 Å². The number of halogens is 1. The molecule has 1 aromatic rings. The van der Waals surface area contributed by atoms with Crippen molar-refractivity contribution in [3.05, 3.63) is 28.2 Å². The van der Waals surface area contributed by atoms with Crippen LogP contribution in [0.1, 0.15) is 45.1 Å². The fourth-order valence-electron chi connectivity index (χ4n) is 3.05. The minimum atomic E-state index is 0.296. The van der Waals surface area contributed by atoms with Crippen LogP contribution in [0, 0.1) is 0 Å². The van der Waals surface area contributed by atoms with Crippen molar-refractivity contribution in [3.63, 3.8) is 0 Å². The summed E-state index contributed by atoms with van der Waals surface area (Å²) in [5.41, 5.74) is 2.71. The molecule has 1 atom stereocenters. The van der Waals surface area contributed by atoms with Crippen molar-refractivity contribution in [2.45, 2.75) is 58.2 Å². The summed E-state index contributed by atoms with van der Waals surface area (Å²) in [6, 6.07) is 7.65. The molecule has 0 aromatic heterocycles. The molecule has 118 valence electrons. The molecule has 4 heteroatoms. The Bertz CT molecular complexity index is 450. The van der Waals surface area contributed by atoms with Gasteiger partial charge >= 0.3 is 0 Å². The van der Waals surface area contributed by atoms with Gasteiger partial charge in [-0.25, -0.2) is 0 Å². The van der Waals surface area contributed by atoms with Crippen LogP contribution >= 0.6 is 15.9 Å². The Morgan fingerprint density at radius 1 is 1.43 bits per heavy atom. The first-order valence-corrected chi connectivity index (χ1v) is 8.80. The Labute approximate surface area is 136 Å². The number of aliphatic hydroxyl groups excluding tert-OH is 1. The second-order valence-corrected chi connectivity index (χ2v) is 7.08. The summed E-state index contributed by atoms with van der Waals surface area (Å²) >= 11 is 3.61. The molecule has 1 aromatic carbocycles. The van der Waals surface area contributed by atoms with Crippen LogP contribution in [0.2, 0.25) is 0 Å². The van der Waals surface area contributed by atoms with E-state index in [-0.39, 0.29) is 0 Å². The zero-order chi connectivity index (χ0) is 15.2. The maximum Gasteiger partial charge on any atom is 0.0431 e. The van der Waals surface area contributed by atoms with Crippen LogP contribution in [-0.2, 0) is 6.54 Å². The third kappa shape index (κ3) is 4.70. The van der Waals surface area contributed by atoms with E-state index in [1.54, 1.807) is 0 Å². The molecule has 0 saturated carbocycles. The fourth-order valence-corrected chi connectivity index (χ4v) is 3.40. The van der Waals surface area contributed by atoms with Crippen molar-refractivity contribution in [2.75, 3.05) is 18.1 Å². The number of rotatable bonds is 7. The highest BCUT2D eigenvalue weighted by Gasteiger charge is 2.26. The monoisotopic (exact) mass is 354 g/mol. The Hall–Kier alpha value is -0.580. The van der Waals surface area contributed by atoms with Gasteiger partial charge in [0, 0.05) is 41.9 Å². The first-order chi connectivity index (χ1) is 10.1. The highest BCUT2D eigenvalue weighted by atomic mass is 79.9. The molecule has 0 bridgehead atoms. The maximum absolute atomic E-state index is 9.09. The van der Waals surface area contributed by atoms with Crippen LogP contribution in [0.25, 0.3) is 0 Å². The zero-order valence-electron chi connectivity index (χ0n) is 13.1. The van der Waals surface area contributed by atoms with E-state index in [2.05, 4.69) is 58.2 Å². The van der Waals surface area contributed by atoms with Gasteiger partial charge in [-0.1, -0.05) is 35.8 Å². The number of benzene rings is 1. The molecular weight excluding hydrogens is 328 g/mol. The van der Waals surface area contributed by atoms with Gasteiger partial charge in [-0.05, 0) is 43.4 Å².